The molecule has 25 heteroatoms. The molecule has 78 heavy (non-hydrogen) atoms. The number of aliphatic hydroxyl groups excluding tert-OH is 1. The number of rotatable bonds is 16. The number of Topliss-reactive ketones (excluding diaryl/α,β-unsaturated/α-hetero) is 2. The molecule has 3 heterocycles. The molecule has 0 aromatic rings. The van der Waals surface area contributed by atoms with Crippen molar-refractivity contribution in [1.29, 1.82) is 0 Å². The highest BCUT2D eigenvalue weighted by Crippen LogP contribution is 2.23. The number of ketones is 2. The van der Waals surface area contributed by atoms with Gasteiger partial charge in [0.25, 0.3) is 0 Å². The van der Waals surface area contributed by atoms with Crippen LogP contribution in [0.25, 0.3) is 0 Å². The van der Waals surface area contributed by atoms with Crippen LogP contribution >= 0.6 is 11.6 Å². The third kappa shape index (κ3) is 48.1. The quantitative estimate of drug-likeness (QED) is 0.100. The summed E-state index contributed by atoms with van der Waals surface area (Å²) in [7, 11) is 4.88. The number of amides is 5. The summed E-state index contributed by atoms with van der Waals surface area (Å²) in [5.74, 6) is 0.237. The zero-order chi connectivity index (χ0) is 62.2. The molecule has 3 saturated heterocycles. The number of piperazine rings is 3. The number of ether oxygens (including phenoxy) is 5. The molecule has 24 nitrogen and oxygen atoms in total. The fourth-order valence-electron chi connectivity index (χ4n) is 5.68. The number of hydrogen-bond acceptors (Lipinski definition) is 19. The van der Waals surface area contributed by atoms with Crippen molar-refractivity contribution in [2.24, 2.45) is 22.6 Å². The Kier molecular flexibility index (Phi) is 39.3. The first kappa shape index (κ1) is 80.7. The van der Waals surface area contributed by atoms with E-state index in [1.807, 2.05) is 72.1 Å². The molecule has 0 unspecified atom stereocenters. The summed E-state index contributed by atoms with van der Waals surface area (Å²) in [4.78, 5) is 82.4. The van der Waals surface area contributed by atoms with Crippen LogP contribution < -0.4 is 43.8 Å². The van der Waals surface area contributed by atoms with Crippen LogP contribution in [0, 0.1) is 5.41 Å². The van der Waals surface area contributed by atoms with E-state index in [-0.39, 0.29) is 62.7 Å². The van der Waals surface area contributed by atoms with Gasteiger partial charge in [-0.1, -0.05) is 13.8 Å². The molecule has 3 rings (SSSR count). The Morgan fingerprint density at radius 2 is 1.10 bits per heavy atom. The Morgan fingerprint density at radius 3 is 1.45 bits per heavy atom. The number of alkyl halides is 1. The van der Waals surface area contributed by atoms with Crippen LogP contribution in [0.2, 0.25) is 0 Å². The predicted molar refractivity (Wildman–Crippen MR) is 308 cm³/mol. The van der Waals surface area contributed by atoms with E-state index in [0.717, 1.165) is 6.54 Å². The number of methoxy groups -OCH3 is 3. The van der Waals surface area contributed by atoms with Crippen LogP contribution in [0.5, 0.6) is 0 Å². The number of aliphatic hydroxyl groups is 1. The number of nitrogens with one attached hydrogen (secondary N) is 5. The van der Waals surface area contributed by atoms with Crippen LogP contribution in [-0.2, 0) is 47.7 Å². The van der Waals surface area contributed by atoms with Gasteiger partial charge in [0.05, 0.1) is 39.0 Å². The number of nitrogens with two attached hydrogens (primary N) is 3. The van der Waals surface area contributed by atoms with Gasteiger partial charge < -0.3 is 77.5 Å². The first-order chi connectivity index (χ1) is 35.2. The van der Waals surface area contributed by atoms with Crippen LogP contribution in [0.1, 0.15) is 144 Å². The van der Waals surface area contributed by atoms with Crippen molar-refractivity contribution in [3.63, 3.8) is 0 Å². The van der Waals surface area contributed by atoms with Crippen molar-refractivity contribution < 1.29 is 62.4 Å². The van der Waals surface area contributed by atoms with Crippen LogP contribution in [0.15, 0.2) is 0 Å². The number of alkyl carbamates (subject to hydrolysis) is 2. The standard InChI is InChI=1S/C13H25NO4.C10H20N2O3.C9H20N2O2.C8H16N2O2.C6H12N2O.C4H12N2.C3H5ClO/c1-12(2,3)18-11(17)14-9-13(4,5)7-6-10(16)8-15;1-10(2)6-11(7-14-3)9(13)5-12(10)8-15-4;1-8(2,3)13-7(12)11-6-9(4,5)10;1-8(2)5-9-7(11)4-10(8)6-12-3;1-6(2)4-7-5(9)3-8-6;1-4(2,6)3-5;1-3(5)2-4/h15H,6-9H2,1-5H3,(H,14,17);5-8H2,1-4H3;6,10H2,1-5H3,(H,11,12);4-6H2,1-3H3,(H,9,11);8H,3-4H2,1-2H3,(H,7,9);3,5-6H2,1-2H3;2H2,1H3. The summed E-state index contributed by atoms with van der Waals surface area (Å²) in [5.41, 5.74) is 14.5. The van der Waals surface area contributed by atoms with Crippen LogP contribution in [0.4, 0.5) is 9.59 Å². The van der Waals surface area contributed by atoms with Crippen molar-refractivity contribution in [1.82, 2.24) is 41.3 Å². The molecule has 0 aliphatic carbocycles. The highest BCUT2D eigenvalue weighted by molar-refractivity contribution is 6.27. The Bertz CT molecular complexity index is 1750. The second kappa shape index (κ2) is 38.0. The summed E-state index contributed by atoms with van der Waals surface area (Å²) in [6, 6.07) is 0. The average molecular weight is 1140 g/mol. The Hall–Kier alpha value is -3.82. The topological polar surface area (TPSA) is 334 Å². The molecule has 12 N–H and O–H groups in total. The van der Waals surface area contributed by atoms with E-state index >= 15 is 0 Å². The number of carbonyl (C=O) groups excluding carboxylic acids is 7. The lowest BCUT2D eigenvalue weighted by molar-refractivity contribution is -0.153. The van der Waals surface area contributed by atoms with Crippen LogP contribution in [-0.4, -0.2) is 213 Å². The lowest BCUT2D eigenvalue weighted by Gasteiger charge is -2.45. The van der Waals surface area contributed by atoms with Gasteiger partial charge in [0.1, 0.15) is 30.3 Å². The largest absolute Gasteiger partial charge is 0.444 e. The summed E-state index contributed by atoms with van der Waals surface area (Å²) in [6.45, 7) is 41.9. The van der Waals surface area contributed by atoms with Gasteiger partial charge in [0.2, 0.25) is 17.7 Å². The van der Waals surface area contributed by atoms with Crippen molar-refractivity contribution in [2.75, 3.05) is 113 Å². The zero-order valence-electron chi connectivity index (χ0n) is 52.1. The third-order valence-corrected chi connectivity index (χ3v) is 10.9. The SMILES string of the molecule is CC(=O)CCl.CC(C)(CCC(=O)CO)CNC(=O)OC(C)(C)C.CC(C)(N)CN.CC(C)(N)CNC(=O)OC(C)(C)C.CC1(C)CNC(=O)CN1.COCN1CC(=O)NCC1(C)C.COCN1CC(C)(C)N(COC)CC1=O. The number of nitrogens with zero attached hydrogens (tertiary/aromatic N) is 3. The smallest absolute Gasteiger partial charge is 0.407 e. The van der Waals surface area contributed by atoms with Crippen LogP contribution in [0.3, 0.4) is 0 Å². The van der Waals surface area contributed by atoms with Gasteiger partial charge in [-0.05, 0) is 130 Å². The van der Waals surface area contributed by atoms with E-state index in [4.69, 9.17) is 57.6 Å². The average Bonchev–Trinajstić information content (AvgIpc) is 3.28. The maximum Gasteiger partial charge on any atom is 0.407 e. The molecule has 0 bridgehead atoms. The minimum Gasteiger partial charge on any atom is -0.444 e. The number of halogens is 1. The lowest BCUT2D eigenvalue weighted by atomic mass is 9.87. The van der Waals surface area contributed by atoms with Gasteiger partial charge in [-0.25, -0.2) is 9.59 Å². The summed E-state index contributed by atoms with van der Waals surface area (Å²) in [6.07, 6.45) is 0.0527. The molecule has 3 aliphatic heterocycles. The molecule has 0 spiro atoms. The molecule has 0 saturated carbocycles. The molecule has 3 fully saturated rings. The fraction of sp³-hybridized carbons (Fsp3) is 0.868. The van der Waals surface area contributed by atoms with E-state index in [9.17, 15) is 33.6 Å². The van der Waals surface area contributed by atoms with Gasteiger partial charge in [-0.3, -0.25) is 33.8 Å². The summed E-state index contributed by atoms with van der Waals surface area (Å²) in [5, 5.41) is 22.6. The van der Waals surface area contributed by atoms with E-state index in [2.05, 4.69) is 68.1 Å². The van der Waals surface area contributed by atoms with Gasteiger partial charge in [0.15, 0.2) is 5.78 Å². The molecular formula is C53H110ClN11O13. The molecule has 0 radical (unpaired) electrons. The Morgan fingerprint density at radius 1 is 0.679 bits per heavy atom. The highest BCUT2D eigenvalue weighted by atomic mass is 35.5. The third-order valence-electron chi connectivity index (χ3n) is 10.5. The van der Waals surface area contributed by atoms with E-state index < -0.39 is 35.5 Å². The first-order valence-corrected chi connectivity index (χ1v) is 26.6. The van der Waals surface area contributed by atoms with Gasteiger partial charge in [0, 0.05) is 94.7 Å². The Labute approximate surface area is 474 Å². The molecule has 462 valence electrons. The normalized spacial score (nSPS) is 17.1. The van der Waals surface area contributed by atoms with Gasteiger partial charge >= 0.3 is 12.2 Å². The molecule has 0 atom stereocenters. The molecular weight excluding hydrogens is 1030 g/mol. The Balaban J connectivity index is -0.000000423. The minimum absolute atomic E-state index is 0.00389. The second-order valence-electron chi connectivity index (χ2n) is 25.2. The molecule has 3 aliphatic rings. The van der Waals surface area contributed by atoms with Crippen molar-refractivity contribution in [3.8, 4) is 0 Å². The van der Waals surface area contributed by atoms with Crippen molar-refractivity contribution >= 4 is 53.1 Å². The predicted octanol–water partition coefficient (Wildman–Crippen LogP) is 3.03. The molecule has 0 aromatic heterocycles. The molecule has 5 amide bonds. The highest BCUT2D eigenvalue weighted by Gasteiger charge is 2.38. The van der Waals surface area contributed by atoms with E-state index in [1.165, 1.54) is 6.92 Å². The maximum absolute atomic E-state index is 11.7. The minimum atomic E-state index is -0.513. The first-order valence-electron chi connectivity index (χ1n) is 26.1. The lowest BCUT2D eigenvalue weighted by Crippen LogP contribution is -2.62. The second-order valence-corrected chi connectivity index (χ2v) is 25.5. The molecule has 0 aromatic carbocycles. The van der Waals surface area contributed by atoms with Crippen molar-refractivity contribution in [2.45, 2.75) is 183 Å². The van der Waals surface area contributed by atoms with E-state index in [1.54, 1.807) is 47.0 Å². The van der Waals surface area contributed by atoms with E-state index in [0.29, 0.717) is 85.4 Å². The maximum atomic E-state index is 11.7. The summed E-state index contributed by atoms with van der Waals surface area (Å²) >= 11 is 4.99. The monoisotopic (exact) mass is 1140 g/mol. The van der Waals surface area contributed by atoms with Gasteiger partial charge in [-0.2, -0.15) is 0 Å². The zero-order valence-corrected chi connectivity index (χ0v) is 52.9. The number of carbonyl (C=O) groups is 7. The fourth-order valence-corrected chi connectivity index (χ4v) is 5.68. The van der Waals surface area contributed by atoms with Gasteiger partial charge in [-0.15, -0.1) is 11.6 Å². The number of hydrogen-bond donors (Lipinski definition) is 9. The summed E-state index contributed by atoms with van der Waals surface area (Å²) < 4.78 is 25.2. The van der Waals surface area contributed by atoms with Crippen molar-refractivity contribution in [3.05, 3.63) is 0 Å².